The molecule has 0 bridgehead atoms. The van der Waals surface area contributed by atoms with Gasteiger partial charge >= 0.3 is 29.6 Å². The van der Waals surface area contributed by atoms with Gasteiger partial charge in [-0.3, -0.25) is 4.79 Å². The number of carbonyl (C=O) groups is 1. The summed E-state index contributed by atoms with van der Waals surface area (Å²) in [6, 6.07) is 0. The molecule has 0 aromatic rings. The fraction of sp³-hybridized carbons (Fsp3) is 0.833. The van der Waals surface area contributed by atoms with Crippen LogP contribution in [0.25, 0.3) is 0 Å². The molecular formula is C6H9NaO4S. The van der Waals surface area contributed by atoms with E-state index in [2.05, 4.69) is 0 Å². The van der Waals surface area contributed by atoms with Gasteiger partial charge in [-0.15, -0.1) is 0 Å². The zero-order valence-corrected chi connectivity index (χ0v) is 9.76. The minimum Gasteiger partial charge on any atom is -0.747 e. The summed E-state index contributed by atoms with van der Waals surface area (Å²) in [5.41, 5.74) is 0. The molecule has 0 saturated heterocycles. The van der Waals surface area contributed by atoms with Gasteiger partial charge in [0.2, 0.25) is 0 Å². The van der Waals surface area contributed by atoms with Crippen molar-refractivity contribution in [1.29, 1.82) is 0 Å². The third-order valence-electron chi connectivity index (χ3n) is 1.85. The zero-order valence-electron chi connectivity index (χ0n) is 6.95. The van der Waals surface area contributed by atoms with E-state index in [0.717, 1.165) is 0 Å². The van der Waals surface area contributed by atoms with E-state index in [4.69, 9.17) is 0 Å². The molecule has 1 aliphatic rings. The first kappa shape index (κ1) is 12.6. The molecule has 12 heavy (non-hydrogen) atoms. The van der Waals surface area contributed by atoms with Crippen molar-refractivity contribution in [2.45, 2.75) is 30.9 Å². The molecule has 0 aliphatic heterocycles. The van der Waals surface area contributed by atoms with E-state index in [-0.39, 0.29) is 42.4 Å². The van der Waals surface area contributed by atoms with Crippen molar-refractivity contribution in [2.75, 3.05) is 0 Å². The maximum absolute atomic E-state index is 10.9. The molecule has 0 aromatic carbocycles. The van der Waals surface area contributed by atoms with Gasteiger partial charge in [0.15, 0.2) is 0 Å². The minimum absolute atomic E-state index is 0. The fourth-order valence-electron chi connectivity index (χ4n) is 1.26. The van der Waals surface area contributed by atoms with Crippen molar-refractivity contribution >= 4 is 15.9 Å². The van der Waals surface area contributed by atoms with Crippen molar-refractivity contribution in [3.63, 3.8) is 0 Å². The summed E-state index contributed by atoms with van der Waals surface area (Å²) in [4.78, 5) is 10.9. The Morgan fingerprint density at radius 3 is 2.25 bits per heavy atom. The first-order valence-electron chi connectivity index (χ1n) is 3.49. The number of rotatable bonds is 1. The second-order valence-electron chi connectivity index (χ2n) is 2.69. The summed E-state index contributed by atoms with van der Waals surface area (Å²) in [5.74, 6) is -0.411. The Bertz CT molecular complexity index is 259. The molecule has 0 amide bonds. The standard InChI is InChI=1S/C6H10O4S.Na/c7-5-3-1-2-4-6(5)11(8,9)10;/h6H,1-4H2,(H,8,9,10);/q;+1/p-1. The van der Waals surface area contributed by atoms with Crippen molar-refractivity contribution in [3.05, 3.63) is 0 Å². The van der Waals surface area contributed by atoms with Crippen molar-refractivity contribution in [1.82, 2.24) is 0 Å². The van der Waals surface area contributed by atoms with E-state index < -0.39 is 21.2 Å². The van der Waals surface area contributed by atoms with Crippen molar-refractivity contribution < 1.29 is 47.3 Å². The number of ketones is 1. The minimum atomic E-state index is -4.37. The Morgan fingerprint density at radius 1 is 1.33 bits per heavy atom. The summed E-state index contributed by atoms with van der Waals surface area (Å²) in [6.45, 7) is 0. The quantitative estimate of drug-likeness (QED) is 0.335. The monoisotopic (exact) mass is 200 g/mol. The molecular weight excluding hydrogens is 191 g/mol. The normalized spacial score (nSPS) is 24.8. The number of hydrogen-bond acceptors (Lipinski definition) is 4. The van der Waals surface area contributed by atoms with Gasteiger partial charge in [-0.25, -0.2) is 8.42 Å². The molecule has 4 nitrogen and oxygen atoms in total. The van der Waals surface area contributed by atoms with E-state index in [9.17, 15) is 17.8 Å². The molecule has 1 rings (SSSR count). The summed E-state index contributed by atoms with van der Waals surface area (Å²) < 4.78 is 31.3. The molecule has 6 heteroatoms. The smallest absolute Gasteiger partial charge is 0.747 e. The molecule has 0 radical (unpaired) electrons. The summed E-state index contributed by atoms with van der Waals surface area (Å²) in [7, 11) is -4.37. The third kappa shape index (κ3) is 3.14. The van der Waals surface area contributed by atoms with Gasteiger partial charge in [-0.05, 0) is 12.8 Å². The van der Waals surface area contributed by atoms with Crippen molar-refractivity contribution in [2.24, 2.45) is 0 Å². The molecule has 1 atom stereocenters. The molecule has 0 heterocycles. The molecule has 1 saturated carbocycles. The molecule has 1 aliphatic carbocycles. The third-order valence-corrected chi connectivity index (χ3v) is 3.04. The fourth-order valence-corrected chi connectivity index (χ4v) is 2.15. The van der Waals surface area contributed by atoms with Gasteiger partial charge in [-0.2, -0.15) is 0 Å². The predicted molar refractivity (Wildman–Crippen MR) is 37.0 cm³/mol. The van der Waals surface area contributed by atoms with Crippen molar-refractivity contribution in [3.8, 4) is 0 Å². The number of Topliss-reactive ketones (excluding diaryl/α,β-unsaturated/α-hetero) is 1. The van der Waals surface area contributed by atoms with Gasteiger partial charge in [0.05, 0.1) is 0 Å². The van der Waals surface area contributed by atoms with E-state index in [1.54, 1.807) is 0 Å². The van der Waals surface area contributed by atoms with Gasteiger partial charge < -0.3 is 4.55 Å². The van der Waals surface area contributed by atoms with Crippen LogP contribution in [0.15, 0.2) is 0 Å². The van der Waals surface area contributed by atoms with Gasteiger partial charge in [0, 0.05) is 6.42 Å². The van der Waals surface area contributed by atoms with Crippen LogP contribution < -0.4 is 29.6 Å². The second-order valence-corrected chi connectivity index (χ2v) is 4.25. The summed E-state index contributed by atoms with van der Waals surface area (Å²) in [5, 5.41) is -1.25. The van der Waals surface area contributed by atoms with Crippen LogP contribution in [0.3, 0.4) is 0 Å². The van der Waals surface area contributed by atoms with Gasteiger partial charge in [0.25, 0.3) is 0 Å². The van der Waals surface area contributed by atoms with Crippen LogP contribution in [-0.2, 0) is 14.9 Å². The van der Waals surface area contributed by atoms with Crippen LogP contribution >= 0.6 is 0 Å². The van der Waals surface area contributed by atoms with E-state index in [1.165, 1.54) is 0 Å². The number of hydrogen-bond donors (Lipinski definition) is 0. The Balaban J connectivity index is 0.00000121. The van der Waals surface area contributed by atoms with E-state index >= 15 is 0 Å². The van der Waals surface area contributed by atoms with Crippen LogP contribution in [-0.4, -0.2) is 24.0 Å². The van der Waals surface area contributed by atoms with Crippen LogP contribution in [0.1, 0.15) is 25.7 Å². The Kier molecular flexibility index (Phi) is 4.94. The molecule has 1 fully saturated rings. The SMILES string of the molecule is O=C1CCCCC1S(=O)(=O)[O-].[Na+]. The first-order chi connectivity index (χ1) is 5.02. The van der Waals surface area contributed by atoms with Gasteiger partial charge in [-0.1, -0.05) is 6.42 Å². The Hall–Kier alpha value is 0.580. The topological polar surface area (TPSA) is 74.3 Å². The predicted octanol–water partition coefficient (Wildman–Crippen LogP) is -2.95. The largest absolute Gasteiger partial charge is 1.00 e. The summed E-state index contributed by atoms with van der Waals surface area (Å²) in [6.07, 6.45) is 1.83. The number of carbonyl (C=O) groups excluding carboxylic acids is 1. The second kappa shape index (κ2) is 4.72. The molecule has 0 N–H and O–H groups in total. The van der Waals surface area contributed by atoms with Crippen LogP contribution in [0.5, 0.6) is 0 Å². The van der Waals surface area contributed by atoms with E-state index in [1.807, 2.05) is 0 Å². The van der Waals surface area contributed by atoms with Crippen LogP contribution in [0.2, 0.25) is 0 Å². The Morgan fingerprint density at radius 2 is 1.92 bits per heavy atom. The maximum atomic E-state index is 10.9. The van der Waals surface area contributed by atoms with E-state index in [0.29, 0.717) is 12.8 Å². The first-order valence-corrected chi connectivity index (χ1v) is 4.96. The summed E-state index contributed by atoms with van der Waals surface area (Å²) >= 11 is 0. The molecule has 0 aromatic heterocycles. The molecule has 1 unspecified atom stereocenters. The molecule has 0 spiro atoms. The average Bonchev–Trinajstić information content (AvgIpc) is 1.86. The Labute approximate surface area is 93.8 Å². The molecule has 64 valence electrons. The zero-order chi connectivity index (χ0) is 8.48. The van der Waals surface area contributed by atoms with Gasteiger partial charge in [0.1, 0.15) is 21.2 Å². The van der Waals surface area contributed by atoms with Crippen LogP contribution in [0, 0.1) is 0 Å². The maximum Gasteiger partial charge on any atom is 1.00 e. The average molecular weight is 200 g/mol. The van der Waals surface area contributed by atoms with Crippen LogP contribution in [0.4, 0.5) is 0 Å².